The first-order chi connectivity index (χ1) is 16.0. The van der Waals surface area contributed by atoms with Gasteiger partial charge in [-0.1, -0.05) is 31.9 Å². The van der Waals surface area contributed by atoms with Gasteiger partial charge in [0.25, 0.3) is 0 Å². The highest BCUT2D eigenvalue weighted by atomic mass is 16.5. The van der Waals surface area contributed by atoms with Crippen LogP contribution < -0.4 is 14.2 Å². The Morgan fingerprint density at radius 3 is 2.21 bits per heavy atom. The summed E-state index contributed by atoms with van der Waals surface area (Å²) in [5.74, 6) is 1.68. The van der Waals surface area contributed by atoms with E-state index < -0.39 is 0 Å². The Morgan fingerprint density at radius 1 is 0.879 bits per heavy atom. The summed E-state index contributed by atoms with van der Waals surface area (Å²) < 4.78 is 21.1. The quantitative estimate of drug-likeness (QED) is 0.264. The van der Waals surface area contributed by atoms with Crippen LogP contribution in [0.2, 0.25) is 0 Å². The fourth-order valence-corrected chi connectivity index (χ4v) is 3.90. The second-order valence-corrected chi connectivity index (χ2v) is 8.15. The molecule has 0 aliphatic rings. The van der Waals surface area contributed by atoms with Crippen LogP contribution in [0.1, 0.15) is 55.5 Å². The molecule has 182 valence electrons. The van der Waals surface area contributed by atoms with E-state index in [1.807, 2.05) is 12.1 Å². The molecule has 33 heavy (non-hydrogen) atoms. The molecule has 2 aromatic carbocycles. The van der Waals surface area contributed by atoms with E-state index in [1.165, 1.54) is 5.56 Å². The van der Waals surface area contributed by atoms with Gasteiger partial charge in [-0.3, -0.25) is 0 Å². The summed E-state index contributed by atoms with van der Waals surface area (Å²) in [6, 6.07) is 13.9. The summed E-state index contributed by atoms with van der Waals surface area (Å²) in [5, 5.41) is 0. The average molecular weight is 458 g/mol. The van der Waals surface area contributed by atoms with Crippen LogP contribution >= 0.6 is 0 Å². The molecule has 2 rings (SSSR count). The first-order valence-electron chi connectivity index (χ1n) is 11.8. The molecule has 6 nitrogen and oxygen atoms in total. The summed E-state index contributed by atoms with van der Waals surface area (Å²) in [6.45, 7) is 7.07. The van der Waals surface area contributed by atoms with E-state index in [1.54, 1.807) is 39.5 Å². The Balaban J connectivity index is 1.64. The van der Waals surface area contributed by atoms with Crippen molar-refractivity contribution in [3.63, 3.8) is 0 Å². The molecule has 0 spiro atoms. The lowest BCUT2D eigenvalue weighted by molar-refractivity contribution is 0.0497. The van der Waals surface area contributed by atoms with E-state index in [9.17, 15) is 4.79 Å². The zero-order valence-corrected chi connectivity index (χ0v) is 20.8. The molecule has 1 atom stereocenters. The second kappa shape index (κ2) is 14.4. The lowest BCUT2D eigenvalue weighted by Gasteiger charge is -2.28. The van der Waals surface area contributed by atoms with Gasteiger partial charge in [-0.05, 0) is 75.2 Å². The van der Waals surface area contributed by atoms with E-state index in [0.29, 0.717) is 29.7 Å². The van der Waals surface area contributed by atoms with Gasteiger partial charge in [0.05, 0.1) is 33.5 Å². The Hall–Kier alpha value is -2.73. The van der Waals surface area contributed by atoms with Crippen LogP contribution in [0.15, 0.2) is 42.5 Å². The molecule has 0 bridgehead atoms. The number of carbonyl (C=O) groups excluding carboxylic acids is 1. The SMILES string of the molecule is CCN(CCCCCCOC(=O)c1ccc(OC)c(OC)c1)C(C)Cc1ccc(OC)cc1. The summed E-state index contributed by atoms with van der Waals surface area (Å²) in [6.07, 6.45) is 5.21. The van der Waals surface area contributed by atoms with Crippen molar-refractivity contribution in [1.82, 2.24) is 4.90 Å². The minimum Gasteiger partial charge on any atom is -0.497 e. The fourth-order valence-electron chi connectivity index (χ4n) is 3.90. The number of ether oxygens (including phenoxy) is 4. The minimum absolute atomic E-state index is 0.333. The number of esters is 1. The standard InChI is InChI=1S/C27H39NO5/c1-6-28(21(2)19-22-11-14-24(30-3)15-12-22)17-9-7-8-10-18-33-27(29)23-13-16-25(31-4)26(20-23)32-5/h11-16,20-21H,6-10,17-19H2,1-5H3. The molecule has 0 amide bonds. The number of hydrogen-bond acceptors (Lipinski definition) is 6. The molecule has 0 fully saturated rings. The summed E-state index contributed by atoms with van der Waals surface area (Å²) in [5.41, 5.74) is 1.80. The van der Waals surface area contributed by atoms with Gasteiger partial charge in [0, 0.05) is 6.04 Å². The number of hydrogen-bond donors (Lipinski definition) is 0. The topological polar surface area (TPSA) is 57.2 Å². The fraction of sp³-hybridized carbons (Fsp3) is 0.519. The summed E-state index contributed by atoms with van der Waals surface area (Å²) in [4.78, 5) is 14.8. The molecular formula is C27H39NO5. The van der Waals surface area contributed by atoms with Crippen LogP contribution in [-0.4, -0.2) is 57.9 Å². The summed E-state index contributed by atoms with van der Waals surface area (Å²) in [7, 11) is 4.81. The predicted molar refractivity (Wildman–Crippen MR) is 132 cm³/mol. The van der Waals surface area contributed by atoms with Gasteiger partial charge >= 0.3 is 5.97 Å². The van der Waals surface area contributed by atoms with Crippen molar-refractivity contribution in [3.05, 3.63) is 53.6 Å². The number of unbranched alkanes of at least 4 members (excludes halogenated alkanes) is 3. The molecule has 0 saturated heterocycles. The molecule has 0 heterocycles. The Labute approximate surface area is 198 Å². The van der Waals surface area contributed by atoms with Gasteiger partial charge in [-0.25, -0.2) is 4.79 Å². The molecule has 6 heteroatoms. The lowest BCUT2D eigenvalue weighted by Crippen LogP contribution is -2.35. The largest absolute Gasteiger partial charge is 0.497 e. The molecule has 0 saturated carbocycles. The Morgan fingerprint density at radius 2 is 1.58 bits per heavy atom. The number of nitrogens with zero attached hydrogens (tertiary/aromatic N) is 1. The first-order valence-corrected chi connectivity index (χ1v) is 11.8. The molecule has 0 aromatic heterocycles. The molecular weight excluding hydrogens is 418 g/mol. The van der Waals surface area contributed by atoms with E-state index >= 15 is 0 Å². The van der Waals surface area contributed by atoms with Gasteiger partial charge in [0.15, 0.2) is 11.5 Å². The first kappa shape index (κ1) is 26.5. The van der Waals surface area contributed by atoms with Crippen LogP contribution in [0.5, 0.6) is 17.2 Å². The maximum Gasteiger partial charge on any atom is 0.338 e. The average Bonchev–Trinajstić information content (AvgIpc) is 2.85. The van der Waals surface area contributed by atoms with E-state index in [-0.39, 0.29) is 5.97 Å². The zero-order valence-electron chi connectivity index (χ0n) is 20.8. The van der Waals surface area contributed by atoms with Crippen molar-refractivity contribution < 1.29 is 23.7 Å². The maximum atomic E-state index is 12.3. The van der Waals surface area contributed by atoms with E-state index in [0.717, 1.165) is 50.9 Å². The normalized spacial score (nSPS) is 11.8. The van der Waals surface area contributed by atoms with Crippen LogP contribution in [0.4, 0.5) is 0 Å². The number of carbonyl (C=O) groups is 1. The highest BCUT2D eigenvalue weighted by molar-refractivity contribution is 5.90. The highest BCUT2D eigenvalue weighted by Gasteiger charge is 2.13. The van der Waals surface area contributed by atoms with Crippen LogP contribution in [0, 0.1) is 0 Å². The highest BCUT2D eigenvalue weighted by Crippen LogP contribution is 2.27. The van der Waals surface area contributed by atoms with Crippen molar-refractivity contribution >= 4 is 5.97 Å². The van der Waals surface area contributed by atoms with E-state index in [2.05, 4.69) is 30.9 Å². The number of likely N-dealkylation sites (N-methyl/N-ethyl adjacent to an activating group) is 1. The third-order valence-electron chi connectivity index (χ3n) is 5.91. The third kappa shape index (κ3) is 8.61. The van der Waals surface area contributed by atoms with Gasteiger partial charge in [-0.15, -0.1) is 0 Å². The Kier molecular flexibility index (Phi) is 11.6. The number of methoxy groups -OCH3 is 3. The van der Waals surface area contributed by atoms with Crippen molar-refractivity contribution in [2.45, 2.75) is 52.0 Å². The molecule has 1 unspecified atom stereocenters. The molecule has 0 aliphatic carbocycles. The van der Waals surface area contributed by atoms with Crippen molar-refractivity contribution in [3.8, 4) is 17.2 Å². The molecule has 2 aromatic rings. The van der Waals surface area contributed by atoms with Crippen molar-refractivity contribution in [1.29, 1.82) is 0 Å². The maximum absolute atomic E-state index is 12.3. The lowest BCUT2D eigenvalue weighted by atomic mass is 10.1. The smallest absolute Gasteiger partial charge is 0.338 e. The predicted octanol–water partition coefficient (Wildman–Crippen LogP) is 5.38. The van der Waals surface area contributed by atoms with Gasteiger partial charge < -0.3 is 23.8 Å². The van der Waals surface area contributed by atoms with Gasteiger partial charge in [-0.2, -0.15) is 0 Å². The molecule has 0 N–H and O–H groups in total. The van der Waals surface area contributed by atoms with Crippen LogP contribution in [0.3, 0.4) is 0 Å². The van der Waals surface area contributed by atoms with Gasteiger partial charge in [0.1, 0.15) is 5.75 Å². The van der Waals surface area contributed by atoms with Crippen molar-refractivity contribution in [2.75, 3.05) is 41.0 Å². The van der Waals surface area contributed by atoms with Gasteiger partial charge in [0.2, 0.25) is 0 Å². The molecule has 0 aliphatic heterocycles. The van der Waals surface area contributed by atoms with Crippen LogP contribution in [0.25, 0.3) is 0 Å². The number of benzene rings is 2. The monoisotopic (exact) mass is 457 g/mol. The third-order valence-corrected chi connectivity index (χ3v) is 5.91. The summed E-state index contributed by atoms with van der Waals surface area (Å²) >= 11 is 0. The molecule has 0 radical (unpaired) electrons. The zero-order chi connectivity index (χ0) is 24.1. The minimum atomic E-state index is -0.333. The number of rotatable bonds is 15. The van der Waals surface area contributed by atoms with Crippen LogP contribution in [-0.2, 0) is 11.2 Å². The van der Waals surface area contributed by atoms with Crippen molar-refractivity contribution in [2.24, 2.45) is 0 Å². The van der Waals surface area contributed by atoms with E-state index in [4.69, 9.17) is 18.9 Å². The Bertz CT molecular complexity index is 837. The second-order valence-electron chi connectivity index (χ2n) is 8.15.